The van der Waals surface area contributed by atoms with Gasteiger partial charge >= 0.3 is 0 Å². The van der Waals surface area contributed by atoms with Crippen LogP contribution in [0.2, 0.25) is 0 Å². The zero-order valence-electron chi connectivity index (χ0n) is 15.1. The van der Waals surface area contributed by atoms with Crippen molar-refractivity contribution in [3.8, 4) is 0 Å². The van der Waals surface area contributed by atoms with Crippen LogP contribution in [-0.4, -0.2) is 69.7 Å². The van der Waals surface area contributed by atoms with E-state index in [1.807, 2.05) is 23.1 Å². The van der Waals surface area contributed by atoms with Gasteiger partial charge in [-0.3, -0.25) is 19.8 Å². The quantitative estimate of drug-likeness (QED) is 0.881. The summed E-state index contributed by atoms with van der Waals surface area (Å²) in [5.74, 6) is 0.564. The number of likely N-dealkylation sites (tertiary alicyclic amines) is 2. The molecule has 2 aromatic rings. The molecule has 1 atom stereocenters. The Hall–Kier alpha value is -2.25. The van der Waals surface area contributed by atoms with E-state index in [9.17, 15) is 4.79 Å². The number of amides is 1. The number of hydrogen-bond acceptors (Lipinski definition) is 5. The van der Waals surface area contributed by atoms with Gasteiger partial charge in [0.2, 0.25) is 0 Å². The Kier molecular flexibility index (Phi) is 4.74. The van der Waals surface area contributed by atoms with E-state index in [2.05, 4.69) is 27.1 Å². The molecule has 1 amide bonds. The van der Waals surface area contributed by atoms with Crippen molar-refractivity contribution in [2.24, 2.45) is 5.92 Å². The molecule has 0 aliphatic carbocycles. The van der Waals surface area contributed by atoms with E-state index in [0.717, 1.165) is 44.8 Å². The van der Waals surface area contributed by atoms with Crippen LogP contribution in [0.25, 0.3) is 0 Å². The summed E-state index contributed by atoms with van der Waals surface area (Å²) in [6.07, 6.45) is 5.61. The van der Waals surface area contributed by atoms with E-state index in [-0.39, 0.29) is 11.4 Å². The molecule has 7 nitrogen and oxygen atoms in total. The molecule has 138 valence electrons. The molecule has 2 aliphatic rings. The van der Waals surface area contributed by atoms with Crippen LogP contribution in [0.4, 0.5) is 0 Å². The maximum atomic E-state index is 12.4. The highest BCUT2D eigenvalue weighted by atomic mass is 16.5. The monoisotopic (exact) mass is 355 g/mol. The zero-order valence-corrected chi connectivity index (χ0v) is 15.1. The highest BCUT2D eigenvalue weighted by Crippen LogP contribution is 2.38. The predicted molar refractivity (Wildman–Crippen MR) is 96.5 cm³/mol. The number of ether oxygens (including phenoxy) is 1. The minimum Gasteiger partial charge on any atom is -0.375 e. The summed E-state index contributed by atoms with van der Waals surface area (Å²) >= 11 is 0. The number of piperidine rings is 1. The summed E-state index contributed by atoms with van der Waals surface area (Å²) in [6, 6.07) is 7.61. The number of pyridine rings is 1. The summed E-state index contributed by atoms with van der Waals surface area (Å²) in [5.41, 5.74) is 1.62. The van der Waals surface area contributed by atoms with Gasteiger partial charge < -0.3 is 9.64 Å². The van der Waals surface area contributed by atoms with Crippen LogP contribution < -0.4 is 0 Å². The highest BCUT2D eigenvalue weighted by molar-refractivity contribution is 5.93. The third-order valence-corrected chi connectivity index (χ3v) is 5.67. The molecule has 0 unspecified atom stereocenters. The molecule has 26 heavy (non-hydrogen) atoms. The molecule has 1 N–H and O–H groups in total. The average Bonchev–Trinajstić information content (AvgIpc) is 3.16. The van der Waals surface area contributed by atoms with Crippen molar-refractivity contribution < 1.29 is 9.53 Å². The number of nitrogens with one attached hydrogen (secondary N) is 1. The smallest absolute Gasteiger partial charge is 0.271 e. The van der Waals surface area contributed by atoms with Gasteiger partial charge in [-0.1, -0.05) is 6.07 Å². The summed E-state index contributed by atoms with van der Waals surface area (Å²) in [4.78, 5) is 21.1. The lowest BCUT2D eigenvalue weighted by Crippen LogP contribution is -2.72. The van der Waals surface area contributed by atoms with E-state index in [1.165, 1.54) is 0 Å². The van der Waals surface area contributed by atoms with Crippen LogP contribution in [0.5, 0.6) is 0 Å². The molecule has 0 bridgehead atoms. The zero-order chi connectivity index (χ0) is 18.0. The van der Waals surface area contributed by atoms with Crippen LogP contribution in [0.1, 0.15) is 29.0 Å². The largest absolute Gasteiger partial charge is 0.375 e. The maximum absolute atomic E-state index is 12.4. The van der Waals surface area contributed by atoms with Gasteiger partial charge in [-0.25, -0.2) is 0 Å². The van der Waals surface area contributed by atoms with Gasteiger partial charge in [-0.2, -0.15) is 5.10 Å². The van der Waals surface area contributed by atoms with Crippen molar-refractivity contribution in [3.63, 3.8) is 0 Å². The number of carbonyl (C=O) groups excluding carboxylic acids is 1. The molecule has 4 heterocycles. The SMILES string of the molecule is CN1CC[C@H](COCc2ccccn2)CC12CN(C(=O)c1ccn[nH]1)C2. The van der Waals surface area contributed by atoms with Crippen LogP contribution in [-0.2, 0) is 11.3 Å². The summed E-state index contributed by atoms with van der Waals surface area (Å²) < 4.78 is 5.91. The fraction of sp³-hybridized carbons (Fsp3) is 0.526. The van der Waals surface area contributed by atoms with Crippen LogP contribution in [0, 0.1) is 5.92 Å². The van der Waals surface area contributed by atoms with Crippen LogP contribution in [0.3, 0.4) is 0 Å². The average molecular weight is 355 g/mol. The number of hydrogen-bond donors (Lipinski definition) is 1. The van der Waals surface area contributed by atoms with Crippen molar-refractivity contribution in [2.75, 3.05) is 33.3 Å². The fourth-order valence-corrected chi connectivity index (χ4v) is 4.09. The summed E-state index contributed by atoms with van der Waals surface area (Å²) in [5, 5.41) is 6.63. The fourth-order valence-electron chi connectivity index (χ4n) is 4.09. The molecule has 2 aromatic heterocycles. The van der Waals surface area contributed by atoms with Gasteiger partial charge in [0.15, 0.2) is 0 Å². The van der Waals surface area contributed by atoms with Crippen molar-refractivity contribution in [3.05, 3.63) is 48.0 Å². The Morgan fingerprint density at radius 1 is 1.35 bits per heavy atom. The van der Waals surface area contributed by atoms with Crippen molar-refractivity contribution >= 4 is 5.91 Å². The first-order valence-corrected chi connectivity index (χ1v) is 9.14. The lowest BCUT2D eigenvalue weighted by molar-refractivity contribution is -0.0770. The lowest BCUT2D eigenvalue weighted by atomic mass is 9.75. The van der Waals surface area contributed by atoms with Gasteiger partial charge in [0.25, 0.3) is 5.91 Å². The van der Waals surface area contributed by atoms with Gasteiger partial charge in [0.1, 0.15) is 5.69 Å². The normalized spacial score (nSPS) is 22.3. The topological polar surface area (TPSA) is 74.3 Å². The number of aromatic nitrogens is 3. The Labute approximate surface area is 153 Å². The number of rotatable bonds is 5. The van der Waals surface area contributed by atoms with Gasteiger partial charge in [-0.15, -0.1) is 0 Å². The molecule has 1 spiro atoms. The first-order chi connectivity index (χ1) is 12.7. The number of aromatic amines is 1. The highest BCUT2D eigenvalue weighted by Gasteiger charge is 2.51. The Morgan fingerprint density at radius 2 is 2.23 bits per heavy atom. The van der Waals surface area contributed by atoms with Gasteiger partial charge in [0.05, 0.1) is 24.4 Å². The van der Waals surface area contributed by atoms with Gasteiger partial charge in [0, 0.05) is 25.5 Å². The Morgan fingerprint density at radius 3 is 2.96 bits per heavy atom. The first kappa shape index (κ1) is 17.2. The van der Waals surface area contributed by atoms with Crippen molar-refractivity contribution in [2.45, 2.75) is 25.0 Å². The minimum absolute atomic E-state index is 0.0371. The van der Waals surface area contributed by atoms with Gasteiger partial charge in [-0.05, 0) is 50.6 Å². The molecule has 0 saturated carbocycles. The predicted octanol–water partition coefficient (Wildman–Crippen LogP) is 1.56. The number of nitrogens with zero attached hydrogens (tertiary/aromatic N) is 4. The first-order valence-electron chi connectivity index (χ1n) is 9.14. The second kappa shape index (κ2) is 7.17. The van der Waals surface area contributed by atoms with Crippen LogP contribution >= 0.6 is 0 Å². The summed E-state index contributed by atoms with van der Waals surface area (Å²) in [7, 11) is 2.17. The van der Waals surface area contributed by atoms with Crippen LogP contribution in [0.15, 0.2) is 36.7 Å². The molecular formula is C19H25N5O2. The molecule has 4 rings (SSSR count). The molecule has 2 fully saturated rings. The number of likely N-dealkylation sites (N-methyl/N-ethyl adjacent to an activating group) is 1. The van der Waals surface area contributed by atoms with E-state index in [0.29, 0.717) is 18.2 Å². The summed E-state index contributed by atoms with van der Waals surface area (Å²) in [6.45, 7) is 3.91. The third kappa shape index (κ3) is 3.37. The van der Waals surface area contributed by atoms with E-state index in [4.69, 9.17) is 4.74 Å². The minimum atomic E-state index is 0.0371. The lowest BCUT2D eigenvalue weighted by Gasteiger charge is -2.58. The molecular weight excluding hydrogens is 330 g/mol. The number of carbonyl (C=O) groups is 1. The molecule has 0 radical (unpaired) electrons. The second-order valence-electron chi connectivity index (χ2n) is 7.47. The number of H-pyrrole nitrogens is 1. The van der Waals surface area contributed by atoms with E-state index in [1.54, 1.807) is 18.5 Å². The second-order valence-corrected chi connectivity index (χ2v) is 7.47. The molecule has 2 aliphatic heterocycles. The molecule has 7 heteroatoms. The van der Waals surface area contributed by atoms with Crippen molar-refractivity contribution in [1.29, 1.82) is 0 Å². The Balaban J connectivity index is 1.29. The molecule has 2 saturated heterocycles. The third-order valence-electron chi connectivity index (χ3n) is 5.67. The van der Waals surface area contributed by atoms with E-state index < -0.39 is 0 Å². The maximum Gasteiger partial charge on any atom is 0.271 e. The van der Waals surface area contributed by atoms with Crippen molar-refractivity contribution in [1.82, 2.24) is 25.0 Å². The molecule has 0 aromatic carbocycles. The Bertz CT molecular complexity index is 728. The standard InChI is InChI=1S/C19H25N5O2/c1-23-9-6-15(11-26-12-16-4-2-3-7-20-16)10-19(23)13-24(14-19)18(25)17-5-8-21-22-17/h2-5,7-8,15H,6,9-14H2,1H3,(H,21,22)/t15-/m0/s1. The van der Waals surface area contributed by atoms with E-state index >= 15 is 0 Å².